The minimum absolute atomic E-state index is 0.0407. The summed E-state index contributed by atoms with van der Waals surface area (Å²) in [6.45, 7) is 2.42. The third kappa shape index (κ3) is 5.58. The number of carbonyl (C=O) groups is 2. The summed E-state index contributed by atoms with van der Waals surface area (Å²) < 4.78 is 5.51. The molecule has 3 N–H and O–H groups in total. The van der Waals surface area contributed by atoms with E-state index >= 15 is 0 Å². The van der Waals surface area contributed by atoms with Crippen molar-refractivity contribution in [2.45, 2.75) is 19.4 Å². The van der Waals surface area contributed by atoms with Gasteiger partial charge in [0.1, 0.15) is 0 Å². The van der Waals surface area contributed by atoms with E-state index in [0.717, 1.165) is 0 Å². The summed E-state index contributed by atoms with van der Waals surface area (Å²) in [4.78, 5) is 22.7. The topological polar surface area (TPSA) is 87.7 Å². The maximum atomic E-state index is 11.8. The summed E-state index contributed by atoms with van der Waals surface area (Å²) >= 11 is 3.20. The highest BCUT2D eigenvalue weighted by molar-refractivity contribution is 9.10. The molecule has 0 radical (unpaired) electrons. The average Bonchev–Trinajstić information content (AvgIpc) is 2.35. The lowest BCUT2D eigenvalue weighted by Crippen LogP contribution is -2.36. The molecule has 0 saturated carbocycles. The summed E-state index contributed by atoms with van der Waals surface area (Å²) in [6.07, 6.45) is 0.697. The highest BCUT2D eigenvalue weighted by atomic mass is 79.9. The summed E-state index contributed by atoms with van der Waals surface area (Å²) in [6, 6.07) is 4.06. The molecule has 0 aliphatic carbocycles. The molecule has 0 aromatic heterocycles. The van der Waals surface area contributed by atoms with Gasteiger partial charge in [-0.2, -0.15) is 0 Å². The van der Waals surface area contributed by atoms with E-state index in [-0.39, 0.29) is 17.6 Å². The number of carboxylic acids is 1. The lowest BCUT2D eigenvalue weighted by Gasteiger charge is -2.14. The number of urea groups is 1. The molecular weight excluding hydrogens is 328 g/mol. The SMILES string of the molecule is COCCC(C)NC(=O)Nc1cc(Br)cc(C(=O)O)c1. The van der Waals surface area contributed by atoms with Gasteiger partial charge in [-0.05, 0) is 31.5 Å². The van der Waals surface area contributed by atoms with Crippen molar-refractivity contribution in [1.29, 1.82) is 0 Å². The van der Waals surface area contributed by atoms with Gasteiger partial charge in [-0.1, -0.05) is 15.9 Å². The molecule has 0 spiro atoms. The fraction of sp³-hybridized carbons (Fsp3) is 0.385. The maximum absolute atomic E-state index is 11.8. The van der Waals surface area contributed by atoms with Crippen LogP contribution in [0.2, 0.25) is 0 Å². The van der Waals surface area contributed by atoms with E-state index in [1.165, 1.54) is 12.1 Å². The first-order valence-electron chi connectivity index (χ1n) is 6.02. The van der Waals surface area contributed by atoms with Crippen molar-refractivity contribution in [3.63, 3.8) is 0 Å². The Bertz CT molecular complexity index is 493. The largest absolute Gasteiger partial charge is 0.478 e. The van der Waals surface area contributed by atoms with E-state index in [1.807, 2.05) is 6.92 Å². The van der Waals surface area contributed by atoms with Crippen LogP contribution in [-0.4, -0.2) is 36.9 Å². The van der Waals surface area contributed by atoms with E-state index in [1.54, 1.807) is 13.2 Å². The quantitative estimate of drug-likeness (QED) is 0.740. The fourth-order valence-corrected chi connectivity index (χ4v) is 2.04. The standard InChI is InChI=1S/C13H17BrN2O4/c1-8(3-4-20-2)15-13(19)16-11-6-9(12(17)18)5-10(14)7-11/h5-8H,3-4H2,1-2H3,(H,17,18)(H2,15,16,19). The van der Waals surface area contributed by atoms with Gasteiger partial charge >= 0.3 is 12.0 Å². The lowest BCUT2D eigenvalue weighted by molar-refractivity contribution is 0.0696. The molecule has 1 unspecified atom stereocenters. The zero-order valence-electron chi connectivity index (χ0n) is 11.3. The van der Waals surface area contributed by atoms with Crippen LogP contribution in [0.5, 0.6) is 0 Å². The molecular formula is C13H17BrN2O4. The molecule has 1 rings (SSSR count). The number of ether oxygens (including phenoxy) is 1. The number of nitrogens with one attached hydrogen (secondary N) is 2. The first-order chi connectivity index (χ1) is 9.42. The van der Waals surface area contributed by atoms with E-state index in [9.17, 15) is 9.59 Å². The van der Waals surface area contributed by atoms with Gasteiger partial charge < -0.3 is 20.5 Å². The Morgan fingerprint density at radius 1 is 1.40 bits per heavy atom. The molecule has 0 aliphatic heterocycles. The Labute approximate surface area is 125 Å². The number of carboxylic acid groups (broad SMARTS) is 1. The average molecular weight is 345 g/mol. The molecule has 7 heteroatoms. The monoisotopic (exact) mass is 344 g/mol. The molecule has 0 heterocycles. The molecule has 20 heavy (non-hydrogen) atoms. The Morgan fingerprint density at radius 2 is 2.10 bits per heavy atom. The number of rotatable bonds is 6. The summed E-state index contributed by atoms with van der Waals surface area (Å²) in [5, 5.41) is 14.3. The number of amides is 2. The second kappa shape index (κ2) is 7.86. The molecule has 1 atom stereocenters. The Kier molecular flexibility index (Phi) is 6.47. The first kappa shape index (κ1) is 16.5. The second-order valence-corrected chi connectivity index (χ2v) is 5.23. The number of hydrogen-bond donors (Lipinski definition) is 3. The van der Waals surface area contributed by atoms with Crippen molar-refractivity contribution in [3.8, 4) is 0 Å². The maximum Gasteiger partial charge on any atom is 0.335 e. The predicted molar refractivity (Wildman–Crippen MR) is 79.2 cm³/mol. The number of benzene rings is 1. The number of methoxy groups -OCH3 is 1. The van der Waals surface area contributed by atoms with Crippen molar-refractivity contribution < 1.29 is 19.4 Å². The highest BCUT2D eigenvalue weighted by Crippen LogP contribution is 2.19. The molecule has 0 fully saturated rings. The Morgan fingerprint density at radius 3 is 2.70 bits per heavy atom. The van der Waals surface area contributed by atoms with Crippen LogP contribution in [0.25, 0.3) is 0 Å². The lowest BCUT2D eigenvalue weighted by atomic mass is 10.2. The van der Waals surface area contributed by atoms with Crippen LogP contribution in [0.3, 0.4) is 0 Å². The fourth-order valence-electron chi connectivity index (χ4n) is 1.54. The minimum atomic E-state index is -1.05. The Balaban J connectivity index is 2.64. The number of anilines is 1. The number of halogens is 1. The van der Waals surface area contributed by atoms with Gasteiger partial charge in [0.2, 0.25) is 0 Å². The van der Waals surface area contributed by atoms with Gasteiger partial charge in [-0.25, -0.2) is 9.59 Å². The number of hydrogen-bond acceptors (Lipinski definition) is 3. The van der Waals surface area contributed by atoms with Gasteiger partial charge in [-0.15, -0.1) is 0 Å². The number of aromatic carboxylic acids is 1. The summed E-state index contributed by atoms with van der Waals surface area (Å²) in [5.74, 6) is -1.05. The highest BCUT2D eigenvalue weighted by Gasteiger charge is 2.10. The molecule has 1 aromatic rings. The zero-order chi connectivity index (χ0) is 15.1. The van der Waals surface area contributed by atoms with Crippen LogP contribution in [0.1, 0.15) is 23.7 Å². The molecule has 6 nitrogen and oxygen atoms in total. The van der Waals surface area contributed by atoms with Gasteiger partial charge in [0, 0.05) is 29.9 Å². The van der Waals surface area contributed by atoms with Crippen molar-refractivity contribution in [2.24, 2.45) is 0 Å². The van der Waals surface area contributed by atoms with Gasteiger partial charge in [-0.3, -0.25) is 0 Å². The molecule has 0 saturated heterocycles. The van der Waals surface area contributed by atoms with Crippen LogP contribution < -0.4 is 10.6 Å². The van der Waals surface area contributed by atoms with Crippen molar-refractivity contribution in [3.05, 3.63) is 28.2 Å². The van der Waals surface area contributed by atoms with Crippen LogP contribution in [0, 0.1) is 0 Å². The smallest absolute Gasteiger partial charge is 0.335 e. The van der Waals surface area contributed by atoms with Crippen molar-refractivity contribution in [1.82, 2.24) is 5.32 Å². The van der Waals surface area contributed by atoms with E-state index in [0.29, 0.717) is 23.2 Å². The van der Waals surface area contributed by atoms with Crippen LogP contribution >= 0.6 is 15.9 Å². The molecule has 1 aromatic carbocycles. The summed E-state index contributed by atoms with van der Waals surface area (Å²) in [7, 11) is 1.60. The molecule has 0 aliphatic rings. The van der Waals surface area contributed by atoms with E-state index < -0.39 is 5.97 Å². The van der Waals surface area contributed by atoms with Crippen molar-refractivity contribution in [2.75, 3.05) is 19.0 Å². The molecule has 2 amide bonds. The van der Waals surface area contributed by atoms with Gasteiger partial charge in [0.15, 0.2) is 0 Å². The van der Waals surface area contributed by atoms with E-state index in [2.05, 4.69) is 26.6 Å². The van der Waals surface area contributed by atoms with Crippen LogP contribution in [0.15, 0.2) is 22.7 Å². The molecule has 110 valence electrons. The second-order valence-electron chi connectivity index (χ2n) is 4.31. The van der Waals surface area contributed by atoms with Crippen LogP contribution in [0.4, 0.5) is 10.5 Å². The third-order valence-corrected chi connectivity index (χ3v) is 2.99. The first-order valence-corrected chi connectivity index (χ1v) is 6.82. The minimum Gasteiger partial charge on any atom is -0.478 e. The van der Waals surface area contributed by atoms with E-state index in [4.69, 9.17) is 9.84 Å². The summed E-state index contributed by atoms with van der Waals surface area (Å²) in [5.41, 5.74) is 0.510. The zero-order valence-corrected chi connectivity index (χ0v) is 12.9. The molecule has 0 bridgehead atoms. The van der Waals surface area contributed by atoms with Gasteiger partial charge in [0.05, 0.1) is 5.56 Å². The predicted octanol–water partition coefficient (Wildman–Crippen LogP) is 2.69. The Hall–Kier alpha value is -1.60. The van der Waals surface area contributed by atoms with Crippen LogP contribution in [-0.2, 0) is 4.74 Å². The number of carbonyl (C=O) groups excluding carboxylic acids is 1. The normalized spacial score (nSPS) is 11.8. The third-order valence-electron chi connectivity index (χ3n) is 2.54. The van der Waals surface area contributed by atoms with Crippen molar-refractivity contribution >= 4 is 33.6 Å². The van der Waals surface area contributed by atoms with Gasteiger partial charge in [0.25, 0.3) is 0 Å².